The van der Waals surface area contributed by atoms with E-state index in [4.69, 9.17) is 23.2 Å². The molecule has 0 aliphatic carbocycles. The Hall–Kier alpha value is -2.07. The zero-order valence-corrected chi connectivity index (χ0v) is 16.5. The zero-order chi connectivity index (χ0) is 18.6. The quantitative estimate of drug-likeness (QED) is 0.556. The average Bonchev–Trinajstić information content (AvgIpc) is 2.69. The molecule has 138 valence electrons. The van der Waals surface area contributed by atoms with E-state index in [0.29, 0.717) is 10.0 Å². The third-order valence-electron chi connectivity index (χ3n) is 4.95. The molecule has 1 fully saturated rings. The molecule has 0 unspecified atom stereocenters. The molecular weight excluding hydrogens is 377 g/mol. The smallest absolute Gasteiger partial charge is 0.0557 e. The van der Waals surface area contributed by atoms with Crippen molar-refractivity contribution in [3.63, 3.8) is 0 Å². The summed E-state index contributed by atoms with van der Waals surface area (Å²) in [7, 11) is 0. The molecule has 0 N–H and O–H groups in total. The molecule has 4 rings (SSSR count). The summed E-state index contributed by atoms with van der Waals surface area (Å²) in [6.07, 6.45) is 1.82. The van der Waals surface area contributed by atoms with Crippen LogP contribution < -0.4 is 0 Å². The summed E-state index contributed by atoms with van der Waals surface area (Å²) in [6, 6.07) is 20.6. The van der Waals surface area contributed by atoms with Crippen molar-refractivity contribution in [2.24, 2.45) is 5.10 Å². The van der Waals surface area contributed by atoms with Gasteiger partial charge in [-0.15, -0.1) is 0 Å². The van der Waals surface area contributed by atoms with Crippen LogP contribution in [0.2, 0.25) is 10.0 Å². The van der Waals surface area contributed by atoms with Crippen molar-refractivity contribution in [2.75, 3.05) is 26.2 Å². The summed E-state index contributed by atoms with van der Waals surface area (Å²) in [6.45, 7) is 4.78. The van der Waals surface area contributed by atoms with Gasteiger partial charge in [0, 0.05) is 43.3 Å². The maximum atomic E-state index is 6.21. The average molecular weight is 398 g/mol. The Morgan fingerprint density at radius 3 is 2.48 bits per heavy atom. The maximum Gasteiger partial charge on any atom is 0.0557 e. The van der Waals surface area contributed by atoms with Gasteiger partial charge in [0.15, 0.2) is 0 Å². The van der Waals surface area contributed by atoms with E-state index in [-0.39, 0.29) is 0 Å². The summed E-state index contributed by atoms with van der Waals surface area (Å²) in [4.78, 5) is 2.49. The van der Waals surface area contributed by atoms with Crippen LogP contribution in [0.1, 0.15) is 11.1 Å². The predicted molar refractivity (Wildman–Crippen MR) is 115 cm³/mol. The first-order valence-corrected chi connectivity index (χ1v) is 9.87. The van der Waals surface area contributed by atoms with Gasteiger partial charge in [-0.2, -0.15) is 5.10 Å². The molecular formula is C22H21Cl2N3. The van der Waals surface area contributed by atoms with Gasteiger partial charge in [0.05, 0.1) is 11.2 Å². The van der Waals surface area contributed by atoms with Gasteiger partial charge in [0.1, 0.15) is 0 Å². The Kier molecular flexibility index (Phi) is 5.63. The van der Waals surface area contributed by atoms with Gasteiger partial charge in [0.25, 0.3) is 0 Å². The molecule has 1 saturated heterocycles. The fourth-order valence-corrected chi connectivity index (χ4v) is 3.89. The fraction of sp³-hybridized carbons (Fsp3) is 0.227. The van der Waals surface area contributed by atoms with Gasteiger partial charge in [0.2, 0.25) is 0 Å². The molecule has 27 heavy (non-hydrogen) atoms. The van der Waals surface area contributed by atoms with E-state index < -0.39 is 0 Å². The Labute approximate surface area is 169 Å². The molecule has 0 radical (unpaired) electrons. The predicted octanol–water partition coefficient (Wildman–Crippen LogP) is 5.30. The summed E-state index contributed by atoms with van der Waals surface area (Å²) < 4.78 is 0. The number of nitrogens with zero attached hydrogens (tertiary/aromatic N) is 3. The van der Waals surface area contributed by atoms with Crippen LogP contribution in [-0.4, -0.2) is 42.3 Å². The molecule has 0 amide bonds. The molecule has 0 bridgehead atoms. The van der Waals surface area contributed by atoms with Crippen molar-refractivity contribution >= 4 is 40.2 Å². The summed E-state index contributed by atoms with van der Waals surface area (Å²) in [5.74, 6) is 0. The van der Waals surface area contributed by atoms with E-state index in [2.05, 4.69) is 57.5 Å². The highest BCUT2D eigenvalue weighted by atomic mass is 35.5. The molecule has 0 spiro atoms. The Morgan fingerprint density at radius 1 is 0.889 bits per heavy atom. The van der Waals surface area contributed by atoms with E-state index in [1.165, 1.54) is 16.3 Å². The monoisotopic (exact) mass is 397 g/mol. The van der Waals surface area contributed by atoms with Crippen molar-refractivity contribution < 1.29 is 0 Å². The third-order valence-corrected chi connectivity index (χ3v) is 5.51. The van der Waals surface area contributed by atoms with Gasteiger partial charge >= 0.3 is 0 Å². The summed E-state index contributed by atoms with van der Waals surface area (Å²) in [5.41, 5.74) is 2.28. The number of fused-ring (bicyclic) bond motifs is 1. The third kappa shape index (κ3) is 4.44. The standard InChI is InChI=1S/C22H21Cl2N3/c23-20-9-8-18(22(24)14-20)15-25-27-12-10-26(11-13-27)16-19-6-3-5-17-4-1-2-7-21(17)19/h1-9,14-15H,10-13,16H2/b25-15-. The van der Waals surface area contributed by atoms with Gasteiger partial charge in [-0.25, -0.2) is 0 Å². The highest BCUT2D eigenvalue weighted by Gasteiger charge is 2.16. The first kappa shape index (κ1) is 18.3. The lowest BCUT2D eigenvalue weighted by Crippen LogP contribution is -2.43. The first-order chi connectivity index (χ1) is 13.2. The largest absolute Gasteiger partial charge is 0.295 e. The number of benzene rings is 3. The Balaban J connectivity index is 1.37. The lowest BCUT2D eigenvalue weighted by atomic mass is 10.0. The minimum atomic E-state index is 0.626. The summed E-state index contributed by atoms with van der Waals surface area (Å²) >= 11 is 12.1. The first-order valence-electron chi connectivity index (χ1n) is 9.12. The molecule has 0 atom stereocenters. The maximum absolute atomic E-state index is 6.21. The summed E-state index contributed by atoms with van der Waals surface area (Å²) in [5, 5.41) is 10.6. The number of hydrogen-bond acceptors (Lipinski definition) is 3. The SMILES string of the molecule is Clc1ccc(/C=N\N2CCN(Cc3cccc4ccccc34)CC2)c(Cl)c1. The Bertz CT molecular complexity index is 957. The van der Waals surface area contributed by atoms with Gasteiger partial charge < -0.3 is 0 Å². The van der Waals surface area contributed by atoms with Crippen LogP contribution in [0.25, 0.3) is 10.8 Å². The molecule has 1 aliphatic rings. The molecule has 3 aromatic rings. The number of hydrogen-bond donors (Lipinski definition) is 0. The van der Waals surface area contributed by atoms with E-state index in [0.717, 1.165) is 38.3 Å². The van der Waals surface area contributed by atoms with Crippen LogP contribution in [0.4, 0.5) is 0 Å². The molecule has 0 aromatic heterocycles. The number of halogens is 2. The van der Waals surface area contributed by atoms with Crippen LogP contribution in [0, 0.1) is 0 Å². The second-order valence-corrected chi connectivity index (χ2v) is 7.62. The van der Waals surface area contributed by atoms with Crippen molar-refractivity contribution in [3.8, 4) is 0 Å². The van der Waals surface area contributed by atoms with E-state index in [1.54, 1.807) is 6.07 Å². The fourth-order valence-electron chi connectivity index (χ4n) is 3.43. The minimum absolute atomic E-state index is 0.626. The second-order valence-electron chi connectivity index (χ2n) is 6.78. The molecule has 3 aromatic carbocycles. The van der Waals surface area contributed by atoms with E-state index in [9.17, 15) is 0 Å². The molecule has 3 nitrogen and oxygen atoms in total. The minimum Gasteiger partial charge on any atom is -0.295 e. The van der Waals surface area contributed by atoms with Crippen LogP contribution in [0.5, 0.6) is 0 Å². The Morgan fingerprint density at radius 2 is 1.67 bits per heavy atom. The number of rotatable bonds is 4. The highest BCUT2D eigenvalue weighted by molar-refractivity contribution is 6.36. The van der Waals surface area contributed by atoms with E-state index >= 15 is 0 Å². The lowest BCUT2D eigenvalue weighted by Gasteiger charge is -2.33. The van der Waals surface area contributed by atoms with Crippen LogP contribution >= 0.6 is 23.2 Å². The molecule has 1 heterocycles. The number of hydrazone groups is 1. The molecule has 5 heteroatoms. The molecule has 0 saturated carbocycles. The van der Waals surface area contributed by atoms with Crippen molar-refractivity contribution in [1.29, 1.82) is 0 Å². The second kappa shape index (κ2) is 8.30. The van der Waals surface area contributed by atoms with Crippen LogP contribution in [0.15, 0.2) is 65.8 Å². The van der Waals surface area contributed by atoms with Gasteiger partial charge in [-0.3, -0.25) is 9.91 Å². The normalized spacial score (nSPS) is 15.7. The van der Waals surface area contributed by atoms with Crippen molar-refractivity contribution in [2.45, 2.75) is 6.54 Å². The van der Waals surface area contributed by atoms with Gasteiger partial charge in [-0.1, -0.05) is 71.7 Å². The van der Waals surface area contributed by atoms with Crippen LogP contribution in [0.3, 0.4) is 0 Å². The van der Waals surface area contributed by atoms with Crippen molar-refractivity contribution in [3.05, 3.63) is 81.8 Å². The van der Waals surface area contributed by atoms with Gasteiger partial charge in [-0.05, 0) is 28.5 Å². The zero-order valence-electron chi connectivity index (χ0n) is 15.0. The topological polar surface area (TPSA) is 18.8 Å². The highest BCUT2D eigenvalue weighted by Crippen LogP contribution is 2.21. The number of piperazine rings is 1. The van der Waals surface area contributed by atoms with E-state index in [1.807, 2.05) is 18.3 Å². The molecule has 1 aliphatic heterocycles. The van der Waals surface area contributed by atoms with Crippen LogP contribution in [-0.2, 0) is 6.54 Å². The van der Waals surface area contributed by atoms with Crippen molar-refractivity contribution in [1.82, 2.24) is 9.91 Å². The lowest BCUT2D eigenvalue weighted by molar-refractivity contribution is 0.131.